The third-order valence-corrected chi connectivity index (χ3v) is 4.28. The summed E-state index contributed by atoms with van der Waals surface area (Å²) >= 11 is 0. The summed E-state index contributed by atoms with van der Waals surface area (Å²) in [5.74, 6) is -0.221. The zero-order valence-corrected chi connectivity index (χ0v) is 11.6. The van der Waals surface area contributed by atoms with Crippen LogP contribution in [0.3, 0.4) is 0 Å². The van der Waals surface area contributed by atoms with Crippen LogP contribution in [0.1, 0.15) is 45.4 Å². The third kappa shape index (κ3) is 3.47. The van der Waals surface area contributed by atoms with E-state index in [0.29, 0.717) is 25.4 Å². The van der Waals surface area contributed by atoms with Crippen molar-refractivity contribution in [3.8, 4) is 0 Å². The first kappa shape index (κ1) is 14.3. The van der Waals surface area contributed by atoms with Gasteiger partial charge in [-0.3, -0.25) is 9.59 Å². The number of amides is 2. The fourth-order valence-corrected chi connectivity index (χ4v) is 2.98. The van der Waals surface area contributed by atoms with Crippen LogP contribution in [0.4, 0.5) is 0 Å². The van der Waals surface area contributed by atoms with Gasteiger partial charge in [0.2, 0.25) is 11.8 Å². The molecule has 0 aromatic heterocycles. The number of hydrogen-bond donors (Lipinski definition) is 2. The molecule has 2 aliphatic rings. The lowest BCUT2D eigenvalue weighted by molar-refractivity contribution is -0.130. The molecule has 1 aliphatic heterocycles. The lowest BCUT2D eigenvalue weighted by Crippen LogP contribution is -2.39. The van der Waals surface area contributed by atoms with Crippen molar-refractivity contribution in [3.63, 3.8) is 0 Å². The topological polar surface area (TPSA) is 69.6 Å². The maximum absolute atomic E-state index is 12.0. The van der Waals surface area contributed by atoms with E-state index in [0.717, 1.165) is 12.8 Å². The van der Waals surface area contributed by atoms with E-state index in [9.17, 15) is 14.7 Å². The Hall–Kier alpha value is -1.10. The summed E-state index contributed by atoms with van der Waals surface area (Å²) in [5, 5.41) is 12.2. The van der Waals surface area contributed by atoms with Gasteiger partial charge in [0.05, 0.1) is 12.0 Å². The molecule has 1 saturated carbocycles. The van der Waals surface area contributed by atoms with Crippen molar-refractivity contribution in [2.45, 2.75) is 57.6 Å². The first-order chi connectivity index (χ1) is 9.11. The SMILES string of the molecule is CCC(O)CNC(=O)C1CC(=O)N(C2CCCC2)C1. The molecular formula is C14H24N2O3. The molecule has 2 N–H and O–H groups in total. The minimum Gasteiger partial charge on any atom is -0.391 e. The van der Waals surface area contributed by atoms with Gasteiger partial charge in [0.1, 0.15) is 0 Å². The van der Waals surface area contributed by atoms with Crippen molar-refractivity contribution >= 4 is 11.8 Å². The van der Waals surface area contributed by atoms with Gasteiger partial charge < -0.3 is 15.3 Å². The number of nitrogens with zero attached hydrogens (tertiary/aromatic N) is 1. The van der Waals surface area contributed by atoms with Crippen LogP contribution in [-0.2, 0) is 9.59 Å². The van der Waals surface area contributed by atoms with Crippen molar-refractivity contribution in [2.75, 3.05) is 13.1 Å². The van der Waals surface area contributed by atoms with Crippen LogP contribution in [0.5, 0.6) is 0 Å². The molecule has 0 aromatic carbocycles. The van der Waals surface area contributed by atoms with Gasteiger partial charge in [-0.2, -0.15) is 0 Å². The standard InChI is InChI=1S/C14H24N2O3/c1-2-12(17)8-15-14(19)10-7-13(18)16(9-10)11-5-3-4-6-11/h10-12,17H,2-9H2,1H3,(H,15,19). The Kier molecular flexibility index (Phi) is 4.80. The minimum absolute atomic E-state index is 0.0960. The lowest BCUT2D eigenvalue weighted by atomic mass is 10.1. The van der Waals surface area contributed by atoms with Crippen molar-refractivity contribution in [1.29, 1.82) is 0 Å². The summed E-state index contributed by atoms with van der Waals surface area (Å²) in [6, 6.07) is 0.353. The van der Waals surface area contributed by atoms with Crippen LogP contribution in [0.15, 0.2) is 0 Å². The van der Waals surface area contributed by atoms with Crippen molar-refractivity contribution in [2.24, 2.45) is 5.92 Å². The van der Waals surface area contributed by atoms with Crippen molar-refractivity contribution in [3.05, 3.63) is 0 Å². The summed E-state index contributed by atoms with van der Waals surface area (Å²) in [6.07, 6.45) is 4.99. The molecule has 0 radical (unpaired) electrons. The highest BCUT2D eigenvalue weighted by Crippen LogP contribution is 2.29. The average molecular weight is 268 g/mol. The van der Waals surface area contributed by atoms with Gasteiger partial charge in [-0.25, -0.2) is 0 Å². The second kappa shape index (κ2) is 6.37. The number of nitrogens with one attached hydrogen (secondary N) is 1. The smallest absolute Gasteiger partial charge is 0.225 e. The first-order valence-electron chi connectivity index (χ1n) is 7.37. The van der Waals surface area contributed by atoms with Crippen LogP contribution >= 0.6 is 0 Å². The molecule has 108 valence electrons. The summed E-state index contributed by atoms with van der Waals surface area (Å²) < 4.78 is 0. The largest absolute Gasteiger partial charge is 0.391 e. The number of rotatable bonds is 5. The number of aliphatic hydroxyl groups excluding tert-OH is 1. The Labute approximate surface area is 114 Å². The zero-order chi connectivity index (χ0) is 13.8. The minimum atomic E-state index is -0.494. The second-order valence-corrected chi connectivity index (χ2v) is 5.69. The molecule has 5 nitrogen and oxygen atoms in total. The quantitative estimate of drug-likeness (QED) is 0.770. The Morgan fingerprint density at radius 3 is 2.79 bits per heavy atom. The van der Waals surface area contributed by atoms with Crippen molar-refractivity contribution < 1.29 is 14.7 Å². The molecule has 0 spiro atoms. The summed E-state index contributed by atoms with van der Waals surface area (Å²) in [6.45, 7) is 2.71. The maximum Gasteiger partial charge on any atom is 0.225 e. The first-order valence-corrected chi connectivity index (χ1v) is 7.37. The Morgan fingerprint density at radius 1 is 1.47 bits per heavy atom. The third-order valence-electron chi connectivity index (χ3n) is 4.28. The Balaban J connectivity index is 1.82. The molecule has 0 bridgehead atoms. The van der Waals surface area contributed by atoms with E-state index in [2.05, 4.69) is 5.32 Å². The molecule has 2 atom stereocenters. The van der Waals surface area contributed by atoms with Crippen LogP contribution in [0, 0.1) is 5.92 Å². The fourth-order valence-electron chi connectivity index (χ4n) is 2.98. The molecule has 19 heavy (non-hydrogen) atoms. The molecule has 2 amide bonds. The van der Waals surface area contributed by atoms with Crippen LogP contribution in [-0.4, -0.2) is 47.1 Å². The molecule has 1 saturated heterocycles. The van der Waals surface area contributed by atoms with Crippen LogP contribution in [0.25, 0.3) is 0 Å². The molecule has 1 aliphatic carbocycles. The highest BCUT2D eigenvalue weighted by atomic mass is 16.3. The van der Waals surface area contributed by atoms with Gasteiger partial charge in [-0.05, 0) is 19.3 Å². The predicted octanol–water partition coefficient (Wildman–Crippen LogP) is 0.665. The van der Waals surface area contributed by atoms with E-state index in [1.807, 2.05) is 11.8 Å². The Morgan fingerprint density at radius 2 is 2.16 bits per heavy atom. The second-order valence-electron chi connectivity index (χ2n) is 5.69. The number of hydrogen-bond acceptors (Lipinski definition) is 3. The van der Waals surface area contributed by atoms with Gasteiger partial charge in [-0.1, -0.05) is 19.8 Å². The van der Waals surface area contributed by atoms with Crippen LogP contribution < -0.4 is 5.32 Å². The van der Waals surface area contributed by atoms with Gasteiger partial charge >= 0.3 is 0 Å². The summed E-state index contributed by atoms with van der Waals surface area (Å²) in [7, 11) is 0. The van der Waals surface area contributed by atoms with E-state index in [4.69, 9.17) is 0 Å². The molecule has 2 rings (SSSR count). The number of carbonyl (C=O) groups is 2. The average Bonchev–Trinajstić information content (AvgIpc) is 3.04. The van der Waals surface area contributed by atoms with E-state index in [-0.39, 0.29) is 24.3 Å². The molecule has 0 aromatic rings. The maximum atomic E-state index is 12.0. The summed E-state index contributed by atoms with van der Waals surface area (Å²) in [4.78, 5) is 25.8. The zero-order valence-electron chi connectivity index (χ0n) is 11.6. The number of likely N-dealkylation sites (tertiary alicyclic amines) is 1. The van der Waals surface area contributed by atoms with Crippen molar-refractivity contribution in [1.82, 2.24) is 10.2 Å². The Bertz CT molecular complexity index is 340. The number of aliphatic hydroxyl groups is 1. The van der Waals surface area contributed by atoms with Crippen LogP contribution in [0.2, 0.25) is 0 Å². The van der Waals surface area contributed by atoms with E-state index < -0.39 is 6.10 Å². The van der Waals surface area contributed by atoms with Gasteiger partial charge in [-0.15, -0.1) is 0 Å². The number of carbonyl (C=O) groups excluding carboxylic acids is 2. The lowest BCUT2D eigenvalue weighted by Gasteiger charge is -2.24. The van der Waals surface area contributed by atoms with Gasteiger partial charge in [0.25, 0.3) is 0 Å². The van der Waals surface area contributed by atoms with E-state index >= 15 is 0 Å². The summed E-state index contributed by atoms with van der Waals surface area (Å²) in [5.41, 5.74) is 0. The highest BCUT2D eigenvalue weighted by Gasteiger charge is 2.38. The molecule has 2 unspecified atom stereocenters. The molecule has 2 fully saturated rings. The van der Waals surface area contributed by atoms with E-state index in [1.54, 1.807) is 0 Å². The normalized spacial score (nSPS) is 25.9. The van der Waals surface area contributed by atoms with Gasteiger partial charge in [0, 0.05) is 25.6 Å². The fraction of sp³-hybridized carbons (Fsp3) is 0.857. The molecule has 5 heteroatoms. The highest BCUT2D eigenvalue weighted by molar-refractivity contribution is 5.89. The molecular weight excluding hydrogens is 244 g/mol. The van der Waals surface area contributed by atoms with Gasteiger partial charge in [0.15, 0.2) is 0 Å². The predicted molar refractivity (Wildman–Crippen MR) is 71.4 cm³/mol. The van der Waals surface area contributed by atoms with E-state index in [1.165, 1.54) is 12.8 Å². The monoisotopic (exact) mass is 268 g/mol. The molecule has 1 heterocycles.